The summed E-state index contributed by atoms with van der Waals surface area (Å²) in [4.78, 5) is 87.0. The first kappa shape index (κ1) is 51.8. The van der Waals surface area contributed by atoms with Crippen LogP contribution in [0, 0.1) is 11.3 Å². The van der Waals surface area contributed by atoms with E-state index in [9.17, 15) is 28.8 Å². The molecule has 1 spiro atoms. The highest BCUT2D eigenvalue weighted by Gasteiger charge is 2.49. The average Bonchev–Trinajstić information content (AvgIpc) is 3.20. The van der Waals surface area contributed by atoms with Gasteiger partial charge in [-0.2, -0.15) is 0 Å². The predicted octanol–water partition coefficient (Wildman–Crippen LogP) is 4.88. The Balaban J connectivity index is 1.30. The van der Waals surface area contributed by atoms with Gasteiger partial charge in [-0.15, -0.1) is 0 Å². The largest absolute Gasteiger partial charge is 0.444 e. The second-order valence-electron chi connectivity index (χ2n) is 20.7. The van der Waals surface area contributed by atoms with Gasteiger partial charge in [-0.05, 0) is 110 Å². The molecule has 2 aromatic carbocycles. The number of carbonyl (C=O) groups excluding carboxylic acids is 6. The lowest BCUT2D eigenvalue weighted by atomic mass is 9.71. The lowest BCUT2D eigenvalue weighted by Crippen LogP contribution is -2.66. The molecule has 5 rings (SSSR count). The van der Waals surface area contributed by atoms with Gasteiger partial charge in [0, 0.05) is 37.9 Å². The van der Waals surface area contributed by atoms with E-state index in [1.54, 1.807) is 41.5 Å². The lowest BCUT2D eigenvalue weighted by Gasteiger charge is -2.56. The van der Waals surface area contributed by atoms with Crippen LogP contribution in [0.4, 0.5) is 9.59 Å². The standard InChI is InChI=1S/C50H75N7O9/c1-34(2)27-39(53-43(59)40(28-35-17-11-9-12-18-35)54-44(60)41(29-36-19-13-10-14-20-36)55-47(63)66-49(6,7)8)42(58)52-38(21-15-16-24-51-46(62)65-48(3,4)5)45(61)57-32-50(33-57)22-25-56(26-23-50)37-30-64-31-37/h9-14,17-20,34,37-41H,15-16,21-33H2,1-8H3,(H,51,62)(H,52,58)(H,53,59)(H,54,60)(H,55,63). The van der Waals surface area contributed by atoms with Crippen molar-refractivity contribution >= 4 is 35.8 Å². The van der Waals surface area contributed by atoms with Gasteiger partial charge in [-0.1, -0.05) is 74.5 Å². The number of likely N-dealkylation sites (tertiary alicyclic amines) is 2. The number of unbranched alkanes of at least 4 members (excludes halogenated alkanes) is 1. The molecular formula is C50H75N7O9. The maximum Gasteiger partial charge on any atom is 0.408 e. The van der Waals surface area contributed by atoms with Crippen molar-refractivity contribution in [3.05, 3.63) is 71.8 Å². The molecule has 16 nitrogen and oxygen atoms in total. The Morgan fingerprint density at radius 3 is 1.65 bits per heavy atom. The second-order valence-corrected chi connectivity index (χ2v) is 20.7. The first-order chi connectivity index (χ1) is 31.2. The van der Waals surface area contributed by atoms with Crippen LogP contribution in [0.5, 0.6) is 0 Å². The van der Waals surface area contributed by atoms with Crippen LogP contribution in [-0.2, 0) is 46.2 Å². The van der Waals surface area contributed by atoms with E-state index in [2.05, 4.69) is 31.5 Å². The minimum absolute atomic E-state index is 0.0304. The molecular weight excluding hydrogens is 843 g/mol. The summed E-state index contributed by atoms with van der Waals surface area (Å²) in [6, 6.07) is 14.7. The fourth-order valence-electron chi connectivity index (χ4n) is 8.58. The summed E-state index contributed by atoms with van der Waals surface area (Å²) in [7, 11) is 0. The summed E-state index contributed by atoms with van der Waals surface area (Å²) >= 11 is 0. The van der Waals surface area contributed by atoms with E-state index in [1.165, 1.54) is 0 Å². The van der Waals surface area contributed by atoms with Crippen molar-refractivity contribution in [2.75, 3.05) is 45.9 Å². The van der Waals surface area contributed by atoms with E-state index >= 15 is 0 Å². The molecule has 0 radical (unpaired) electrons. The van der Waals surface area contributed by atoms with Crippen molar-refractivity contribution in [2.45, 2.75) is 148 Å². The molecule has 2 aromatic rings. The van der Waals surface area contributed by atoms with E-state index in [0.717, 1.165) is 50.3 Å². The summed E-state index contributed by atoms with van der Waals surface area (Å²) < 4.78 is 16.3. The number of amides is 6. The van der Waals surface area contributed by atoms with Crippen LogP contribution in [0.25, 0.3) is 0 Å². The fourth-order valence-corrected chi connectivity index (χ4v) is 8.58. The molecule has 16 heteroatoms. The summed E-state index contributed by atoms with van der Waals surface area (Å²) in [6.07, 6.45) is 2.56. The molecule has 0 aromatic heterocycles. The molecule has 0 saturated carbocycles. The number of alkyl carbamates (subject to hydrolysis) is 2. The molecule has 4 atom stereocenters. The zero-order valence-corrected chi connectivity index (χ0v) is 40.4. The third kappa shape index (κ3) is 16.6. The maximum atomic E-state index is 14.5. The summed E-state index contributed by atoms with van der Waals surface area (Å²) in [5.41, 5.74) is 0.152. The Labute approximate surface area is 391 Å². The van der Waals surface area contributed by atoms with Crippen LogP contribution in [-0.4, -0.2) is 133 Å². The van der Waals surface area contributed by atoms with Crippen LogP contribution in [0.2, 0.25) is 0 Å². The topological polar surface area (TPSA) is 197 Å². The smallest absolute Gasteiger partial charge is 0.408 e. The van der Waals surface area contributed by atoms with E-state index in [-0.39, 0.29) is 36.5 Å². The fraction of sp³-hybridized carbons (Fsp3) is 0.640. The SMILES string of the molecule is CC(C)CC(NC(=O)C(Cc1ccccc1)NC(=O)C(Cc1ccccc1)NC(=O)OC(C)(C)C)C(=O)NC(CCCCNC(=O)OC(C)(C)C)C(=O)N1CC2(CCN(C3COC3)CC2)C1. The van der Waals surface area contributed by atoms with Crippen molar-refractivity contribution in [2.24, 2.45) is 11.3 Å². The number of benzene rings is 2. The quantitative estimate of drug-likeness (QED) is 0.114. The second kappa shape index (κ2) is 23.5. The molecule has 0 bridgehead atoms. The van der Waals surface area contributed by atoms with Gasteiger partial charge in [0.25, 0.3) is 0 Å². The number of hydrogen-bond acceptors (Lipinski definition) is 10. The van der Waals surface area contributed by atoms with Gasteiger partial charge < -0.3 is 45.7 Å². The monoisotopic (exact) mass is 918 g/mol. The van der Waals surface area contributed by atoms with Gasteiger partial charge >= 0.3 is 12.2 Å². The van der Waals surface area contributed by atoms with E-state index in [0.29, 0.717) is 44.9 Å². The summed E-state index contributed by atoms with van der Waals surface area (Å²) in [6.45, 7) is 19.5. The van der Waals surface area contributed by atoms with Gasteiger partial charge in [-0.3, -0.25) is 24.1 Å². The Morgan fingerprint density at radius 1 is 0.667 bits per heavy atom. The molecule has 5 N–H and O–H groups in total. The molecule has 0 aliphatic carbocycles. The number of piperidine rings is 1. The van der Waals surface area contributed by atoms with Gasteiger partial charge in [0.15, 0.2) is 0 Å². The highest BCUT2D eigenvalue weighted by Crippen LogP contribution is 2.41. The third-order valence-corrected chi connectivity index (χ3v) is 12.1. The number of carbonyl (C=O) groups is 6. The van der Waals surface area contributed by atoms with E-state index < -0.39 is 65.3 Å². The van der Waals surface area contributed by atoms with Crippen LogP contribution >= 0.6 is 0 Å². The molecule has 66 heavy (non-hydrogen) atoms. The number of nitrogens with one attached hydrogen (secondary N) is 5. The summed E-state index contributed by atoms with van der Waals surface area (Å²) in [5.74, 6) is -1.91. The predicted molar refractivity (Wildman–Crippen MR) is 251 cm³/mol. The molecule has 3 fully saturated rings. The average molecular weight is 918 g/mol. The summed E-state index contributed by atoms with van der Waals surface area (Å²) in [5, 5.41) is 14.3. The Hall–Kier alpha value is -5.22. The van der Waals surface area contributed by atoms with Crippen LogP contribution < -0.4 is 26.6 Å². The van der Waals surface area contributed by atoms with Crippen molar-refractivity contribution < 1.29 is 43.0 Å². The highest BCUT2D eigenvalue weighted by molar-refractivity contribution is 5.95. The number of hydrogen-bond donors (Lipinski definition) is 5. The van der Waals surface area contributed by atoms with E-state index in [4.69, 9.17) is 14.2 Å². The van der Waals surface area contributed by atoms with Gasteiger partial charge in [0.2, 0.25) is 23.6 Å². The zero-order valence-electron chi connectivity index (χ0n) is 40.4. The normalized spacial score (nSPS) is 18.1. The molecule has 4 unspecified atom stereocenters. The van der Waals surface area contributed by atoms with Crippen molar-refractivity contribution in [1.29, 1.82) is 0 Å². The lowest BCUT2D eigenvalue weighted by molar-refractivity contribution is -0.153. The van der Waals surface area contributed by atoms with Gasteiger partial charge in [-0.25, -0.2) is 9.59 Å². The Kier molecular flexibility index (Phi) is 18.4. The molecule has 3 heterocycles. The first-order valence-corrected chi connectivity index (χ1v) is 23.7. The molecule has 3 aliphatic rings. The minimum Gasteiger partial charge on any atom is -0.444 e. The van der Waals surface area contributed by atoms with Crippen LogP contribution in [0.15, 0.2) is 60.7 Å². The highest BCUT2D eigenvalue weighted by atomic mass is 16.6. The number of ether oxygens (including phenoxy) is 3. The van der Waals surface area contributed by atoms with Crippen LogP contribution in [0.3, 0.4) is 0 Å². The van der Waals surface area contributed by atoms with E-state index in [1.807, 2.05) is 79.4 Å². The third-order valence-electron chi connectivity index (χ3n) is 12.1. The Bertz CT molecular complexity index is 1910. The number of rotatable bonds is 20. The molecule has 364 valence electrons. The van der Waals surface area contributed by atoms with Crippen molar-refractivity contribution in [3.8, 4) is 0 Å². The maximum absolute atomic E-state index is 14.5. The Morgan fingerprint density at radius 2 is 1.15 bits per heavy atom. The molecule has 3 aliphatic heterocycles. The minimum atomic E-state index is -1.14. The number of nitrogens with zero attached hydrogens (tertiary/aromatic N) is 2. The van der Waals surface area contributed by atoms with Crippen molar-refractivity contribution in [3.63, 3.8) is 0 Å². The van der Waals surface area contributed by atoms with Crippen LogP contribution in [0.1, 0.15) is 105 Å². The zero-order chi connectivity index (χ0) is 48.1. The molecule has 6 amide bonds. The van der Waals surface area contributed by atoms with Crippen molar-refractivity contribution in [1.82, 2.24) is 36.4 Å². The van der Waals surface area contributed by atoms with Gasteiger partial charge in [0.05, 0.1) is 19.3 Å². The first-order valence-electron chi connectivity index (χ1n) is 23.7. The van der Waals surface area contributed by atoms with Gasteiger partial charge in [0.1, 0.15) is 35.4 Å². The molecule has 3 saturated heterocycles.